The first-order chi connectivity index (χ1) is 2.41. The molecule has 0 aliphatic rings. The van der Waals surface area contributed by atoms with Gasteiger partial charge in [0.1, 0.15) is 0 Å². The lowest BCUT2D eigenvalue weighted by molar-refractivity contribution is 1.54. The van der Waals surface area contributed by atoms with Crippen LogP contribution in [-0.2, 0) is 0 Å². The molecule has 0 N–H and O–H groups in total. The van der Waals surface area contributed by atoms with Crippen LogP contribution < -0.4 is 0 Å². The lowest BCUT2D eigenvalue weighted by atomic mass is 10.7. The summed E-state index contributed by atoms with van der Waals surface area (Å²) in [7, 11) is 0. The molecule has 0 aromatic rings. The molecule has 0 aliphatic heterocycles. The molecule has 2 heteroatoms. The second kappa shape index (κ2) is 3.58. The topological polar surface area (TPSA) is 23.8 Å². The van der Waals surface area contributed by atoms with Gasteiger partial charge in [0.05, 0.1) is 6.07 Å². The molecule has 0 unspecified atom stereocenters. The van der Waals surface area contributed by atoms with E-state index in [0.29, 0.717) is 0 Å². The van der Waals surface area contributed by atoms with E-state index in [1.54, 1.807) is 6.07 Å². The molecule has 0 rings (SSSR count). The van der Waals surface area contributed by atoms with Gasteiger partial charge in [-0.1, -0.05) is 0 Å². The molecule has 0 amide bonds. The fourth-order valence-electron chi connectivity index (χ4n) is 0.0333. The molecule has 0 aliphatic carbocycles. The summed E-state index contributed by atoms with van der Waals surface area (Å²) < 4.78 is 0. The van der Waals surface area contributed by atoms with Gasteiger partial charge in [0.2, 0.25) is 0 Å². The van der Waals surface area contributed by atoms with E-state index >= 15 is 0 Å². The molecule has 0 fully saturated rings. The molecule has 1 nitrogen and oxygen atoms in total. The van der Waals surface area contributed by atoms with Crippen molar-refractivity contribution in [3.8, 4) is 6.07 Å². The predicted octanol–water partition coefficient (Wildman–Crippen LogP) is 0.953. The van der Waals surface area contributed by atoms with Gasteiger partial charge in [0.25, 0.3) is 0 Å². The fourth-order valence-corrected chi connectivity index (χ4v) is 0.100. The Morgan fingerprint density at radius 3 is 2.40 bits per heavy atom. The maximum atomic E-state index is 7.68. The zero-order valence-corrected chi connectivity index (χ0v) is 3.44. The van der Waals surface area contributed by atoms with Crippen LogP contribution >= 0.6 is 12.6 Å². The SMILES string of the molecule is N#CC=CS. The maximum Gasteiger partial charge on any atom is 0.0917 e. The highest BCUT2D eigenvalue weighted by Gasteiger charge is 1.46. The number of nitriles is 1. The van der Waals surface area contributed by atoms with Gasteiger partial charge in [-0.05, 0) is 5.41 Å². The molecular weight excluding hydrogens is 82.1 g/mol. The Labute approximate surface area is 36.3 Å². The lowest BCUT2D eigenvalue weighted by Gasteiger charge is -1.47. The molecule has 5 heavy (non-hydrogen) atoms. The summed E-state index contributed by atoms with van der Waals surface area (Å²) in [6.07, 6.45) is 1.29. The molecule has 0 bridgehead atoms. The smallest absolute Gasteiger partial charge is 0.0917 e. The molecular formula is C3H3NS. The number of hydrogen-bond acceptors (Lipinski definition) is 2. The van der Waals surface area contributed by atoms with Crippen LogP contribution in [0.3, 0.4) is 0 Å². The highest BCUT2D eigenvalue weighted by atomic mass is 32.1. The summed E-state index contributed by atoms with van der Waals surface area (Å²) in [5, 5.41) is 9.07. The maximum absolute atomic E-state index is 7.68. The van der Waals surface area contributed by atoms with Gasteiger partial charge in [-0.3, -0.25) is 0 Å². The Kier molecular flexibility index (Phi) is 3.28. The number of allylic oxidation sites excluding steroid dienone is 1. The first-order valence-corrected chi connectivity index (χ1v) is 1.62. The summed E-state index contributed by atoms with van der Waals surface area (Å²) in [4.78, 5) is 0. The zero-order chi connectivity index (χ0) is 4.12. The van der Waals surface area contributed by atoms with Crippen molar-refractivity contribution in [2.75, 3.05) is 0 Å². The average Bonchev–Trinajstić information content (AvgIpc) is 1.41. The Bertz CT molecular complexity index is 69.5. The van der Waals surface area contributed by atoms with Crippen molar-refractivity contribution in [2.24, 2.45) is 0 Å². The Morgan fingerprint density at radius 2 is 2.40 bits per heavy atom. The van der Waals surface area contributed by atoms with Gasteiger partial charge in [0, 0.05) is 6.08 Å². The lowest BCUT2D eigenvalue weighted by Crippen LogP contribution is -1.31. The Balaban J connectivity index is 3.04. The van der Waals surface area contributed by atoms with Crippen LogP contribution in [0.15, 0.2) is 11.5 Å². The van der Waals surface area contributed by atoms with Gasteiger partial charge in [0.15, 0.2) is 0 Å². The van der Waals surface area contributed by atoms with Gasteiger partial charge in [-0.2, -0.15) is 17.9 Å². The van der Waals surface area contributed by atoms with Crippen LogP contribution in [-0.4, -0.2) is 0 Å². The van der Waals surface area contributed by atoms with Crippen LogP contribution in [0.2, 0.25) is 0 Å². The first-order valence-electron chi connectivity index (χ1n) is 1.10. The normalized spacial score (nSPS) is 8.00. The molecule has 0 radical (unpaired) electrons. The summed E-state index contributed by atoms with van der Waals surface area (Å²) in [5.41, 5.74) is 0. The van der Waals surface area contributed by atoms with E-state index in [1.165, 1.54) is 11.5 Å². The first kappa shape index (κ1) is 4.58. The summed E-state index contributed by atoms with van der Waals surface area (Å²) >= 11 is 3.60. The van der Waals surface area contributed by atoms with Crippen LogP contribution in [0.25, 0.3) is 0 Å². The summed E-state index contributed by atoms with van der Waals surface area (Å²) in [6, 6.07) is 1.76. The quantitative estimate of drug-likeness (QED) is 0.343. The van der Waals surface area contributed by atoms with Crippen molar-refractivity contribution >= 4 is 12.6 Å². The Hall–Kier alpha value is -0.420. The third-order valence-corrected chi connectivity index (χ3v) is 0.298. The van der Waals surface area contributed by atoms with Gasteiger partial charge >= 0.3 is 0 Å². The van der Waals surface area contributed by atoms with Crippen LogP contribution in [0, 0.1) is 11.3 Å². The molecule has 0 heterocycles. The second-order valence-corrected chi connectivity index (χ2v) is 0.743. The third kappa shape index (κ3) is 3.58. The van der Waals surface area contributed by atoms with E-state index < -0.39 is 0 Å². The van der Waals surface area contributed by atoms with Crippen LogP contribution in [0.5, 0.6) is 0 Å². The van der Waals surface area contributed by atoms with E-state index in [1.807, 2.05) is 0 Å². The van der Waals surface area contributed by atoms with E-state index in [9.17, 15) is 0 Å². The standard InChI is InChI=1S/C3H3NS/c4-2-1-3-5/h1,3,5H. The molecule has 0 aromatic heterocycles. The number of hydrogen-bond donors (Lipinski definition) is 1. The average molecular weight is 85.1 g/mol. The minimum absolute atomic E-state index is 1.29. The van der Waals surface area contributed by atoms with Crippen molar-refractivity contribution in [3.63, 3.8) is 0 Å². The van der Waals surface area contributed by atoms with E-state index in [-0.39, 0.29) is 0 Å². The Morgan fingerprint density at radius 1 is 1.80 bits per heavy atom. The third-order valence-electron chi connectivity index (χ3n) is 0.149. The van der Waals surface area contributed by atoms with E-state index in [2.05, 4.69) is 12.6 Å². The molecule has 0 aromatic carbocycles. The molecule has 0 atom stereocenters. The largest absolute Gasteiger partial charge is 0.193 e. The highest BCUT2D eigenvalue weighted by Crippen LogP contribution is 1.69. The number of thiol groups is 1. The number of rotatable bonds is 0. The van der Waals surface area contributed by atoms with Gasteiger partial charge in [-0.25, -0.2) is 0 Å². The fraction of sp³-hybridized carbons (Fsp3) is 0. The minimum Gasteiger partial charge on any atom is -0.193 e. The van der Waals surface area contributed by atoms with Crippen molar-refractivity contribution in [1.29, 1.82) is 5.26 Å². The van der Waals surface area contributed by atoms with Crippen molar-refractivity contribution < 1.29 is 0 Å². The van der Waals surface area contributed by atoms with Crippen molar-refractivity contribution in [1.82, 2.24) is 0 Å². The van der Waals surface area contributed by atoms with E-state index in [4.69, 9.17) is 5.26 Å². The molecule has 26 valence electrons. The molecule has 0 spiro atoms. The molecule has 0 saturated carbocycles. The van der Waals surface area contributed by atoms with Crippen molar-refractivity contribution in [2.45, 2.75) is 0 Å². The summed E-state index contributed by atoms with van der Waals surface area (Å²) in [5.74, 6) is 0. The number of nitrogens with zero attached hydrogens (tertiary/aromatic N) is 1. The molecule has 0 saturated heterocycles. The van der Waals surface area contributed by atoms with Crippen LogP contribution in [0.4, 0.5) is 0 Å². The van der Waals surface area contributed by atoms with Crippen LogP contribution in [0.1, 0.15) is 0 Å². The van der Waals surface area contributed by atoms with E-state index in [0.717, 1.165) is 0 Å². The van der Waals surface area contributed by atoms with Crippen molar-refractivity contribution in [3.05, 3.63) is 11.5 Å². The predicted molar refractivity (Wildman–Crippen MR) is 23.7 cm³/mol. The second-order valence-electron chi connectivity index (χ2n) is 0.445. The monoisotopic (exact) mass is 85.0 g/mol. The zero-order valence-electron chi connectivity index (χ0n) is 2.55. The highest BCUT2D eigenvalue weighted by molar-refractivity contribution is 7.83. The minimum atomic E-state index is 1.29. The summed E-state index contributed by atoms with van der Waals surface area (Å²) in [6.45, 7) is 0. The van der Waals surface area contributed by atoms with Gasteiger partial charge < -0.3 is 0 Å². The van der Waals surface area contributed by atoms with Gasteiger partial charge in [-0.15, -0.1) is 0 Å².